The van der Waals surface area contributed by atoms with Crippen LogP contribution in [0.3, 0.4) is 0 Å². The quantitative estimate of drug-likeness (QED) is 0.673. The fourth-order valence-corrected chi connectivity index (χ4v) is 4.33. The number of hydrogen-bond donors (Lipinski definition) is 3. The lowest BCUT2D eigenvalue weighted by Crippen LogP contribution is -2.54. The number of aliphatic hydroxyl groups is 1. The van der Waals surface area contributed by atoms with Gasteiger partial charge in [0.25, 0.3) is 0 Å². The highest BCUT2D eigenvalue weighted by atomic mass is 32.1. The molecule has 0 bridgehead atoms. The van der Waals surface area contributed by atoms with Crippen LogP contribution in [0.4, 0.5) is 0 Å². The fourth-order valence-electron chi connectivity index (χ4n) is 3.51. The number of nitrogens with zero attached hydrogens (tertiary/aromatic N) is 2. The zero-order valence-corrected chi connectivity index (χ0v) is 18.7. The minimum absolute atomic E-state index is 0.129. The normalized spacial score (nSPS) is 20.3. The second-order valence-electron chi connectivity index (χ2n) is 8.92. The first-order chi connectivity index (χ1) is 14.1. The lowest BCUT2D eigenvalue weighted by molar-refractivity contribution is -0.141. The molecular weight excluding hydrogens is 400 g/mol. The van der Waals surface area contributed by atoms with Crippen LogP contribution in [-0.2, 0) is 16.1 Å². The van der Waals surface area contributed by atoms with Crippen molar-refractivity contribution in [1.82, 2.24) is 15.2 Å². The molecule has 8 heteroatoms. The molecule has 7 nitrogen and oxygen atoms in total. The van der Waals surface area contributed by atoms with Crippen LogP contribution in [-0.4, -0.2) is 51.5 Å². The molecule has 1 saturated heterocycles. The van der Waals surface area contributed by atoms with Crippen LogP contribution >= 0.6 is 11.3 Å². The topological polar surface area (TPSA) is 109 Å². The van der Waals surface area contributed by atoms with Gasteiger partial charge in [0, 0.05) is 19.5 Å². The molecule has 2 aromatic rings. The van der Waals surface area contributed by atoms with Crippen LogP contribution < -0.4 is 11.1 Å². The molecule has 4 N–H and O–H groups in total. The van der Waals surface area contributed by atoms with E-state index >= 15 is 0 Å². The van der Waals surface area contributed by atoms with Crippen LogP contribution in [0, 0.1) is 12.3 Å². The number of amides is 2. The lowest BCUT2D eigenvalue weighted by atomic mass is 9.86. The molecule has 2 heterocycles. The van der Waals surface area contributed by atoms with Gasteiger partial charge in [0.05, 0.1) is 28.2 Å². The van der Waals surface area contributed by atoms with Gasteiger partial charge in [-0.05, 0) is 23.5 Å². The number of rotatable bonds is 5. The predicted molar refractivity (Wildman–Crippen MR) is 118 cm³/mol. The van der Waals surface area contributed by atoms with Crippen LogP contribution in [0.2, 0.25) is 0 Å². The summed E-state index contributed by atoms with van der Waals surface area (Å²) in [6.45, 7) is 8.11. The van der Waals surface area contributed by atoms with Crippen LogP contribution in [0.15, 0.2) is 29.8 Å². The minimum atomic E-state index is -0.735. The Morgan fingerprint density at radius 1 is 1.33 bits per heavy atom. The zero-order chi connectivity index (χ0) is 22.1. The minimum Gasteiger partial charge on any atom is -0.391 e. The number of β-amino-alcohol motifs (C(OH)–C–C–N with tert-alkyl or cyclic N) is 1. The number of likely N-dealkylation sites (tertiary alicyclic amines) is 1. The van der Waals surface area contributed by atoms with Crippen molar-refractivity contribution < 1.29 is 14.7 Å². The van der Waals surface area contributed by atoms with Crippen molar-refractivity contribution in [2.45, 2.75) is 58.8 Å². The van der Waals surface area contributed by atoms with Gasteiger partial charge in [-0.2, -0.15) is 0 Å². The van der Waals surface area contributed by atoms with Crippen molar-refractivity contribution in [1.29, 1.82) is 0 Å². The van der Waals surface area contributed by atoms with E-state index in [1.54, 1.807) is 11.3 Å². The third-order valence-electron chi connectivity index (χ3n) is 5.49. The molecule has 1 aromatic heterocycles. The summed E-state index contributed by atoms with van der Waals surface area (Å²) in [5, 5.41) is 13.0. The third kappa shape index (κ3) is 4.88. The summed E-state index contributed by atoms with van der Waals surface area (Å²) in [6.07, 6.45) is -0.503. The van der Waals surface area contributed by atoms with E-state index in [2.05, 4.69) is 10.3 Å². The maximum Gasteiger partial charge on any atom is 0.243 e. The molecule has 1 aromatic carbocycles. The first-order valence-electron chi connectivity index (χ1n) is 10.1. The number of carbonyl (C=O) groups excluding carboxylic acids is 2. The van der Waals surface area contributed by atoms with Gasteiger partial charge in [-0.25, -0.2) is 4.98 Å². The Bertz CT molecular complexity index is 904. The number of carbonyl (C=O) groups is 2. The number of thiazole rings is 1. The Morgan fingerprint density at radius 3 is 2.57 bits per heavy atom. The van der Waals surface area contributed by atoms with Gasteiger partial charge < -0.3 is 21.1 Å². The van der Waals surface area contributed by atoms with Gasteiger partial charge in [0.1, 0.15) is 6.04 Å². The predicted octanol–water partition coefficient (Wildman–Crippen LogP) is 2.07. The summed E-state index contributed by atoms with van der Waals surface area (Å²) in [5.41, 5.74) is 10.6. The van der Waals surface area contributed by atoms with E-state index in [9.17, 15) is 14.7 Å². The first-order valence-corrected chi connectivity index (χ1v) is 11.0. The Hall–Kier alpha value is -2.29. The molecule has 2 unspecified atom stereocenters. The van der Waals surface area contributed by atoms with E-state index in [-0.39, 0.29) is 24.8 Å². The Balaban J connectivity index is 1.63. The molecule has 3 atom stereocenters. The number of aromatic nitrogens is 1. The Labute approximate surface area is 181 Å². The molecule has 162 valence electrons. The van der Waals surface area contributed by atoms with Crippen molar-refractivity contribution in [3.05, 3.63) is 41.0 Å². The SMILES string of the molecule is Cc1ncsc1-c1ccc(CNC(=O)C2C[C@H](O)CN2C(=O)C(N)C(C)(C)C)cc1. The summed E-state index contributed by atoms with van der Waals surface area (Å²) in [6, 6.07) is 6.52. The van der Waals surface area contributed by atoms with Crippen molar-refractivity contribution in [3.8, 4) is 10.4 Å². The number of benzene rings is 1. The van der Waals surface area contributed by atoms with Crippen LogP contribution in [0.1, 0.15) is 38.4 Å². The van der Waals surface area contributed by atoms with Crippen LogP contribution in [0.5, 0.6) is 0 Å². The monoisotopic (exact) mass is 430 g/mol. The second-order valence-corrected chi connectivity index (χ2v) is 9.78. The van der Waals surface area contributed by atoms with E-state index in [1.807, 2.05) is 57.5 Å². The van der Waals surface area contributed by atoms with Gasteiger partial charge in [-0.3, -0.25) is 9.59 Å². The number of aliphatic hydroxyl groups excluding tert-OH is 1. The summed E-state index contributed by atoms with van der Waals surface area (Å²) >= 11 is 1.60. The second kappa shape index (κ2) is 8.83. The van der Waals surface area contributed by atoms with Crippen molar-refractivity contribution in [2.24, 2.45) is 11.1 Å². The fraction of sp³-hybridized carbons (Fsp3) is 0.500. The molecule has 1 fully saturated rings. The maximum absolute atomic E-state index is 12.8. The van der Waals surface area contributed by atoms with Gasteiger partial charge in [0.15, 0.2) is 0 Å². The largest absolute Gasteiger partial charge is 0.391 e. The number of nitrogens with one attached hydrogen (secondary N) is 1. The van der Waals surface area contributed by atoms with E-state index in [4.69, 9.17) is 5.73 Å². The summed E-state index contributed by atoms with van der Waals surface area (Å²) < 4.78 is 0. The smallest absolute Gasteiger partial charge is 0.243 e. The van der Waals surface area contributed by atoms with E-state index < -0.39 is 23.6 Å². The molecule has 30 heavy (non-hydrogen) atoms. The van der Waals surface area contributed by atoms with Gasteiger partial charge in [-0.15, -0.1) is 11.3 Å². The molecule has 2 amide bonds. The standard InChI is InChI=1S/C22H30N4O3S/c1-13-18(30-12-25-13)15-7-5-14(6-8-15)10-24-20(28)17-9-16(27)11-26(17)21(29)19(23)22(2,3)4/h5-8,12,16-17,19,27H,9-11,23H2,1-4H3,(H,24,28)/t16-,17?,19?/m0/s1. The summed E-state index contributed by atoms with van der Waals surface area (Å²) in [5.74, 6) is -0.577. The van der Waals surface area contributed by atoms with Gasteiger partial charge in [0.2, 0.25) is 11.8 Å². The highest BCUT2D eigenvalue weighted by Gasteiger charge is 2.42. The third-order valence-corrected chi connectivity index (χ3v) is 6.47. The molecule has 0 spiro atoms. The van der Waals surface area contributed by atoms with Gasteiger partial charge in [-0.1, -0.05) is 45.0 Å². The first kappa shape index (κ1) is 22.4. The van der Waals surface area contributed by atoms with Crippen molar-refractivity contribution in [3.63, 3.8) is 0 Å². The molecule has 3 rings (SSSR count). The Kier molecular flexibility index (Phi) is 6.59. The number of aryl methyl sites for hydroxylation is 1. The van der Waals surface area contributed by atoms with E-state index in [1.165, 1.54) is 4.90 Å². The van der Waals surface area contributed by atoms with Crippen molar-refractivity contribution in [2.75, 3.05) is 6.54 Å². The van der Waals surface area contributed by atoms with Crippen molar-refractivity contribution >= 4 is 23.2 Å². The van der Waals surface area contributed by atoms with E-state index in [0.717, 1.165) is 21.7 Å². The molecule has 0 aliphatic carbocycles. The molecule has 1 aliphatic heterocycles. The molecular formula is C22H30N4O3S. The lowest BCUT2D eigenvalue weighted by Gasteiger charge is -2.32. The number of hydrogen-bond acceptors (Lipinski definition) is 6. The van der Waals surface area contributed by atoms with E-state index in [0.29, 0.717) is 6.54 Å². The Morgan fingerprint density at radius 2 is 2.00 bits per heavy atom. The zero-order valence-electron chi connectivity index (χ0n) is 17.9. The average Bonchev–Trinajstić information content (AvgIpc) is 3.30. The molecule has 0 radical (unpaired) electrons. The number of nitrogens with two attached hydrogens (primary N) is 1. The summed E-state index contributed by atoms with van der Waals surface area (Å²) in [7, 11) is 0. The maximum atomic E-state index is 12.8. The molecule has 1 aliphatic rings. The highest BCUT2D eigenvalue weighted by molar-refractivity contribution is 7.13. The average molecular weight is 431 g/mol. The van der Waals surface area contributed by atoms with Gasteiger partial charge >= 0.3 is 0 Å². The summed E-state index contributed by atoms with van der Waals surface area (Å²) in [4.78, 5) is 32.4. The molecule has 0 saturated carbocycles. The highest BCUT2D eigenvalue weighted by Crippen LogP contribution is 2.27. The van der Waals surface area contributed by atoms with Crippen LogP contribution in [0.25, 0.3) is 10.4 Å².